The van der Waals surface area contributed by atoms with Crippen LogP contribution in [0.5, 0.6) is 0 Å². The summed E-state index contributed by atoms with van der Waals surface area (Å²) in [6.07, 6.45) is -6.35. The molecule has 0 aliphatic carbocycles. The summed E-state index contributed by atoms with van der Waals surface area (Å²) in [4.78, 5) is 23.2. The number of hydrogen-bond donors (Lipinski definition) is 3. The topological polar surface area (TPSA) is 116 Å². The number of alkyl halides is 3. The van der Waals surface area contributed by atoms with Crippen LogP contribution in [0.2, 0.25) is 0 Å². The maximum Gasteiger partial charge on any atom is 0.416 e. The van der Waals surface area contributed by atoms with E-state index < -0.39 is 41.6 Å². The van der Waals surface area contributed by atoms with Crippen molar-refractivity contribution in [2.24, 2.45) is 11.7 Å². The van der Waals surface area contributed by atoms with Crippen molar-refractivity contribution in [3.05, 3.63) is 35.4 Å². The highest BCUT2D eigenvalue weighted by atomic mass is 19.4. The number of aliphatic hydroxyl groups excluding tert-OH is 1. The van der Waals surface area contributed by atoms with Gasteiger partial charge in [-0.3, -0.25) is 9.59 Å². The molecule has 0 fully saturated rings. The largest absolute Gasteiger partial charge is 0.416 e. The molecule has 1 rings (SSSR count). The van der Waals surface area contributed by atoms with E-state index in [0.29, 0.717) is 0 Å². The average molecular weight is 343 g/mol. The van der Waals surface area contributed by atoms with E-state index in [9.17, 15) is 27.9 Å². The molecule has 0 aromatic heterocycles. The molecule has 1 aromatic carbocycles. The van der Waals surface area contributed by atoms with Crippen LogP contribution >= 0.6 is 0 Å². The second-order valence-corrected chi connectivity index (χ2v) is 5.25. The number of halogens is 3. The third-order valence-electron chi connectivity index (χ3n) is 3.27. The van der Waals surface area contributed by atoms with Crippen molar-refractivity contribution in [1.29, 1.82) is 5.26 Å². The lowest BCUT2D eigenvalue weighted by molar-refractivity contribution is -0.137. The Kier molecular flexibility index (Phi) is 6.31. The molecule has 0 heterocycles. The number of carbonyl (C=O) groups excluding carboxylic acids is 2. The Balaban J connectivity index is 2.83. The van der Waals surface area contributed by atoms with Crippen LogP contribution in [-0.2, 0) is 15.8 Å². The minimum atomic E-state index is -4.53. The normalized spacial score (nSPS) is 15.0. The fraction of sp³-hybridized carbons (Fsp3) is 0.400. The molecule has 9 heteroatoms. The summed E-state index contributed by atoms with van der Waals surface area (Å²) < 4.78 is 37.4. The first kappa shape index (κ1) is 19.4. The highest BCUT2D eigenvalue weighted by Gasteiger charge is 2.31. The number of nitriles is 1. The molecule has 3 atom stereocenters. The van der Waals surface area contributed by atoms with Crippen LogP contribution < -0.4 is 11.1 Å². The van der Waals surface area contributed by atoms with Crippen LogP contribution in [-0.4, -0.2) is 23.0 Å². The van der Waals surface area contributed by atoms with Gasteiger partial charge in [0.2, 0.25) is 5.91 Å². The molecule has 0 aliphatic heterocycles. The van der Waals surface area contributed by atoms with Crippen molar-refractivity contribution in [2.75, 3.05) is 0 Å². The molecule has 2 amide bonds. The Morgan fingerprint density at radius 2 is 1.88 bits per heavy atom. The number of nitrogens with two attached hydrogens (primary N) is 1. The molecule has 0 spiro atoms. The zero-order valence-electron chi connectivity index (χ0n) is 12.7. The number of hydrogen-bond acceptors (Lipinski definition) is 4. The molecule has 0 saturated heterocycles. The predicted molar refractivity (Wildman–Crippen MR) is 76.9 cm³/mol. The van der Waals surface area contributed by atoms with Gasteiger partial charge in [0.05, 0.1) is 11.6 Å². The number of nitrogens with one attached hydrogen (secondary N) is 1. The second kappa shape index (κ2) is 7.79. The molecule has 0 aliphatic rings. The van der Waals surface area contributed by atoms with Gasteiger partial charge in [-0.05, 0) is 31.0 Å². The fourth-order valence-electron chi connectivity index (χ4n) is 1.91. The van der Waals surface area contributed by atoms with E-state index in [0.717, 1.165) is 24.3 Å². The van der Waals surface area contributed by atoms with Crippen LogP contribution in [0.4, 0.5) is 13.2 Å². The zero-order valence-corrected chi connectivity index (χ0v) is 12.7. The molecule has 0 unspecified atom stereocenters. The molecular weight excluding hydrogens is 327 g/mol. The number of nitrogens with zero attached hydrogens (tertiary/aromatic N) is 1. The van der Waals surface area contributed by atoms with Gasteiger partial charge in [0.1, 0.15) is 6.04 Å². The number of rotatable bonds is 6. The predicted octanol–water partition coefficient (Wildman–Crippen LogP) is 1.26. The lowest BCUT2D eigenvalue weighted by Crippen LogP contribution is -2.46. The standard InChI is InChI=1S/C15H16F3N3O3/c1-8(7-19)6-11(13(20)23)21-14(24)12(22)9-2-4-10(5-3-9)15(16,17)18/h2-5,8,11-12,22H,6H2,1H3,(H2,20,23)(H,21,24)/t8-,11-,12+/m0/s1. The maximum atomic E-state index is 12.5. The second-order valence-electron chi connectivity index (χ2n) is 5.25. The van der Waals surface area contributed by atoms with Crippen LogP contribution in [0.1, 0.15) is 30.6 Å². The minimum absolute atomic E-state index is 0.0443. The summed E-state index contributed by atoms with van der Waals surface area (Å²) in [5, 5.41) is 20.8. The Hall–Kier alpha value is -2.60. The SMILES string of the molecule is C[C@H](C#N)C[C@H](NC(=O)[C@H](O)c1ccc(C(F)(F)F)cc1)C(N)=O. The third kappa shape index (κ3) is 5.24. The zero-order chi connectivity index (χ0) is 18.5. The summed E-state index contributed by atoms with van der Waals surface area (Å²) in [7, 11) is 0. The van der Waals surface area contributed by atoms with Crippen molar-refractivity contribution in [3.8, 4) is 6.07 Å². The van der Waals surface area contributed by atoms with E-state index in [2.05, 4.69) is 5.32 Å². The molecular formula is C15H16F3N3O3. The summed E-state index contributed by atoms with van der Waals surface area (Å²) in [6, 6.07) is 4.09. The fourth-order valence-corrected chi connectivity index (χ4v) is 1.91. The van der Waals surface area contributed by atoms with Gasteiger partial charge in [-0.25, -0.2) is 0 Å². The van der Waals surface area contributed by atoms with Gasteiger partial charge < -0.3 is 16.2 Å². The van der Waals surface area contributed by atoms with E-state index in [4.69, 9.17) is 11.0 Å². The molecule has 130 valence electrons. The van der Waals surface area contributed by atoms with Gasteiger partial charge in [0.25, 0.3) is 5.91 Å². The van der Waals surface area contributed by atoms with Crippen molar-refractivity contribution < 1.29 is 27.9 Å². The van der Waals surface area contributed by atoms with Crippen LogP contribution in [0.15, 0.2) is 24.3 Å². The lowest BCUT2D eigenvalue weighted by Gasteiger charge is -2.19. The summed E-state index contributed by atoms with van der Waals surface area (Å²) in [5.74, 6) is -2.44. The number of benzene rings is 1. The minimum Gasteiger partial charge on any atom is -0.378 e. The summed E-state index contributed by atoms with van der Waals surface area (Å²) >= 11 is 0. The quantitative estimate of drug-likeness (QED) is 0.721. The summed E-state index contributed by atoms with van der Waals surface area (Å²) in [6.45, 7) is 1.52. The molecule has 1 aromatic rings. The van der Waals surface area contributed by atoms with E-state index in [1.807, 2.05) is 6.07 Å². The Labute approximate surface area is 136 Å². The van der Waals surface area contributed by atoms with E-state index >= 15 is 0 Å². The van der Waals surface area contributed by atoms with Crippen molar-refractivity contribution in [3.63, 3.8) is 0 Å². The smallest absolute Gasteiger partial charge is 0.378 e. The number of primary amides is 1. The van der Waals surface area contributed by atoms with Crippen LogP contribution in [0, 0.1) is 17.2 Å². The molecule has 4 N–H and O–H groups in total. The van der Waals surface area contributed by atoms with Gasteiger partial charge in [-0.15, -0.1) is 0 Å². The first-order chi connectivity index (χ1) is 11.1. The van der Waals surface area contributed by atoms with Crippen molar-refractivity contribution in [1.82, 2.24) is 5.32 Å². The number of amides is 2. The lowest BCUT2D eigenvalue weighted by atomic mass is 10.0. The van der Waals surface area contributed by atoms with Crippen molar-refractivity contribution >= 4 is 11.8 Å². The molecule has 6 nitrogen and oxygen atoms in total. The Bertz CT molecular complexity index is 638. The van der Waals surface area contributed by atoms with Gasteiger partial charge in [-0.2, -0.15) is 18.4 Å². The van der Waals surface area contributed by atoms with Crippen LogP contribution in [0.25, 0.3) is 0 Å². The molecule has 0 bridgehead atoms. The van der Waals surface area contributed by atoms with Gasteiger partial charge >= 0.3 is 6.18 Å². The van der Waals surface area contributed by atoms with Gasteiger partial charge in [0.15, 0.2) is 6.10 Å². The van der Waals surface area contributed by atoms with E-state index in [1.54, 1.807) is 0 Å². The average Bonchev–Trinajstić information content (AvgIpc) is 2.52. The molecule has 0 saturated carbocycles. The van der Waals surface area contributed by atoms with E-state index in [-0.39, 0.29) is 12.0 Å². The number of carbonyl (C=O) groups is 2. The highest BCUT2D eigenvalue weighted by molar-refractivity contribution is 5.89. The van der Waals surface area contributed by atoms with Crippen LogP contribution in [0.3, 0.4) is 0 Å². The van der Waals surface area contributed by atoms with Gasteiger partial charge in [-0.1, -0.05) is 12.1 Å². The maximum absolute atomic E-state index is 12.5. The van der Waals surface area contributed by atoms with Crippen molar-refractivity contribution in [2.45, 2.75) is 31.7 Å². The summed E-state index contributed by atoms with van der Waals surface area (Å²) in [5.41, 5.74) is 4.13. The molecule has 24 heavy (non-hydrogen) atoms. The highest BCUT2D eigenvalue weighted by Crippen LogP contribution is 2.30. The Morgan fingerprint density at radius 3 is 2.29 bits per heavy atom. The number of aliphatic hydroxyl groups is 1. The van der Waals surface area contributed by atoms with E-state index in [1.165, 1.54) is 6.92 Å². The molecule has 0 radical (unpaired) electrons. The third-order valence-corrected chi connectivity index (χ3v) is 3.27. The van der Waals surface area contributed by atoms with Gasteiger partial charge in [0, 0.05) is 5.92 Å². The first-order valence-electron chi connectivity index (χ1n) is 6.90. The Morgan fingerprint density at radius 1 is 1.33 bits per heavy atom. The first-order valence-corrected chi connectivity index (χ1v) is 6.90. The monoisotopic (exact) mass is 343 g/mol.